The van der Waals surface area contributed by atoms with Gasteiger partial charge in [-0.3, -0.25) is 4.98 Å². The number of nitrogens with two attached hydrogens (primary N) is 1. The van der Waals surface area contributed by atoms with Crippen LogP contribution in [-0.4, -0.2) is 34.0 Å². The van der Waals surface area contributed by atoms with Crippen LogP contribution in [0.1, 0.15) is 0 Å². The molecule has 0 aliphatic carbocycles. The summed E-state index contributed by atoms with van der Waals surface area (Å²) in [6.07, 6.45) is 3.64. The van der Waals surface area contributed by atoms with E-state index in [4.69, 9.17) is 5.73 Å². The van der Waals surface area contributed by atoms with Gasteiger partial charge in [-0.25, -0.2) is 0 Å². The Morgan fingerprint density at radius 2 is 2.26 bits per heavy atom. The molecule has 0 bridgehead atoms. The van der Waals surface area contributed by atoms with Crippen LogP contribution in [0.4, 0.5) is 11.4 Å². The van der Waals surface area contributed by atoms with Crippen molar-refractivity contribution in [3.05, 3.63) is 30.6 Å². The zero-order valence-corrected chi connectivity index (χ0v) is 12.3. The van der Waals surface area contributed by atoms with Gasteiger partial charge in [-0.2, -0.15) is 23.5 Å². The first kappa shape index (κ1) is 12.9. The summed E-state index contributed by atoms with van der Waals surface area (Å²) in [4.78, 5) is 4.12. The minimum absolute atomic E-state index is 0.686. The third-order valence-electron chi connectivity index (χ3n) is 3.27. The third-order valence-corrected chi connectivity index (χ3v) is 6.11. The van der Waals surface area contributed by atoms with Crippen molar-refractivity contribution < 1.29 is 0 Å². The molecule has 0 spiro atoms. The summed E-state index contributed by atoms with van der Waals surface area (Å²) in [6, 6.07) is 6.10. The van der Waals surface area contributed by atoms with Crippen LogP contribution in [0.5, 0.6) is 0 Å². The van der Waals surface area contributed by atoms with Gasteiger partial charge in [0.15, 0.2) is 0 Å². The molecule has 1 fully saturated rings. The van der Waals surface area contributed by atoms with Crippen LogP contribution in [0.3, 0.4) is 0 Å². The molecule has 1 unspecified atom stereocenters. The molecule has 1 aliphatic rings. The maximum atomic E-state index is 6.23. The minimum Gasteiger partial charge on any atom is -0.397 e. The molecule has 0 saturated carbocycles. The highest BCUT2D eigenvalue weighted by Crippen LogP contribution is 2.29. The van der Waals surface area contributed by atoms with Gasteiger partial charge in [0.2, 0.25) is 0 Å². The van der Waals surface area contributed by atoms with Crippen LogP contribution in [0.25, 0.3) is 10.8 Å². The van der Waals surface area contributed by atoms with Crippen molar-refractivity contribution in [1.29, 1.82) is 0 Å². The number of aromatic nitrogens is 1. The smallest absolute Gasteiger partial charge is 0.0630 e. The Morgan fingerprint density at radius 1 is 1.32 bits per heavy atom. The Labute approximate surface area is 121 Å². The van der Waals surface area contributed by atoms with Gasteiger partial charge in [0.05, 0.1) is 11.4 Å². The molecule has 0 radical (unpaired) electrons. The Balaban J connectivity index is 1.75. The maximum Gasteiger partial charge on any atom is 0.0630 e. The van der Waals surface area contributed by atoms with E-state index in [1.54, 1.807) is 6.20 Å². The van der Waals surface area contributed by atoms with Gasteiger partial charge in [0.1, 0.15) is 0 Å². The summed E-state index contributed by atoms with van der Waals surface area (Å²) >= 11 is 4.10. The number of hydrogen-bond acceptors (Lipinski definition) is 5. The highest BCUT2D eigenvalue weighted by atomic mass is 32.2. The lowest BCUT2D eigenvalue weighted by molar-refractivity contribution is 1.01. The normalized spacial score (nSPS) is 19.5. The number of rotatable bonds is 3. The molecule has 2 heterocycles. The number of pyridine rings is 1. The zero-order chi connectivity index (χ0) is 13.1. The summed E-state index contributed by atoms with van der Waals surface area (Å²) in [5.41, 5.74) is 8.10. The minimum atomic E-state index is 0.686. The topological polar surface area (TPSA) is 50.9 Å². The van der Waals surface area contributed by atoms with Crippen molar-refractivity contribution in [2.24, 2.45) is 0 Å². The second kappa shape index (κ2) is 5.92. The van der Waals surface area contributed by atoms with E-state index in [1.807, 2.05) is 24.0 Å². The van der Waals surface area contributed by atoms with E-state index in [-0.39, 0.29) is 0 Å². The molecule has 1 aromatic carbocycles. The summed E-state index contributed by atoms with van der Waals surface area (Å²) in [5.74, 6) is 3.78. The van der Waals surface area contributed by atoms with Crippen molar-refractivity contribution in [2.45, 2.75) is 5.25 Å². The lowest BCUT2D eigenvalue weighted by Crippen LogP contribution is -2.23. The lowest BCUT2D eigenvalue weighted by atomic mass is 10.1. The van der Waals surface area contributed by atoms with Crippen LogP contribution in [0.2, 0.25) is 0 Å². The van der Waals surface area contributed by atoms with Crippen LogP contribution in [-0.2, 0) is 0 Å². The summed E-state index contributed by atoms with van der Waals surface area (Å²) in [6.45, 7) is 0.985. The Morgan fingerprint density at radius 3 is 3.11 bits per heavy atom. The maximum absolute atomic E-state index is 6.23. The first-order valence-electron chi connectivity index (χ1n) is 6.40. The number of benzene rings is 1. The van der Waals surface area contributed by atoms with Crippen LogP contribution in [0.15, 0.2) is 30.6 Å². The second-order valence-electron chi connectivity index (χ2n) is 4.57. The number of nitrogens with one attached hydrogen (secondary N) is 1. The molecule has 1 saturated heterocycles. The molecule has 5 heteroatoms. The van der Waals surface area contributed by atoms with E-state index in [2.05, 4.69) is 34.2 Å². The Hall–Kier alpha value is -1.07. The first-order chi connectivity index (χ1) is 9.34. The predicted octanol–water partition coefficient (Wildman–Crippen LogP) is 3.08. The highest BCUT2D eigenvalue weighted by Gasteiger charge is 2.14. The number of anilines is 2. The first-order valence-corrected chi connectivity index (χ1v) is 8.60. The molecular weight excluding hydrogens is 274 g/mol. The van der Waals surface area contributed by atoms with Crippen molar-refractivity contribution >= 4 is 45.7 Å². The molecule has 0 amide bonds. The average molecular weight is 291 g/mol. The van der Waals surface area contributed by atoms with E-state index in [0.29, 0.717) is 5.25 Å². The van der Waals surface area contributed by atoms with Gasteiger partial charge in [-0.1, -0.05) is 6.07 Å². The van der Waals surface area contributed by atoms with Gasteiger partial charge in [-0.05, 0) is 12.1 Å². The second-order valence-corrected chi connectivity index (χ2v) is 7.13. The molecule has 100 valence electrons. The lowest BCUT2D eigenvalue weighted by Gasteiger charge is -2.22. The molecule has 1 aromatic heterocycles. The molecule has 3 N–H and O–H groups in total. The van der Waals surface area contributed by atoms with Crippen LogP contribution in [0, 0.1) is 0 Å². The van der Waals surface area contributed by atoms with Gasteiger partial charge in [0, 0.05) is 52.2 Å². The van der Waals surface area contributed by atoms with Crippen molar-refractivity contribution in [2.75, 3.05) is 34.9 Å². The molecule has 2 aromatic rings. The van der Waals surface area contributed by atoms with Crippen LogP contribution >= 0.6 is 23.5 Å². The number of hydrogen-bond donors (Lipinski definition) is 2. The summed E-state index contributed by atoms with van der Waals surface area (Å²) in [7, 11) is 0. The van der Waals surface area contributed by atoms with Crippen molar-refractivity contribution in [3.63, 3.8) is 0 Å². The van der Waals surface area contributed by atoms with E-state index >= 15 is 0 Å². The number of nitrogen functional groups attached to an aromatic ring is 1. The third kappa shape index (κ3) is 2.92. The molecule has 1 aliphatic heterocycles. The average Bonchev–Trinajstić information content (AvgIpc) is 2.48. The molecule has 3 nitrogen and oxygen atoms in total. The molecule has 1 atom stereocenters. The SMILES string of the molecule is Nc1c(NCC2CSCCS2)ccc2cnccc12. The van der Waals surface area contributed by atoms with E-state index < -0.39 is 0 Å². The molecular formula is C14H17N3S2. The van der Waals surface area contributed by atoms with Gasteiger partial charge >= 0.3 is 0 Å². The van der Waals surface area contributed by atoms with Gasteiger partial charge < -0.3 is 11.1 Å². The van der Waals surface area contributed by atoms with E-state index in [9.17, 15) is 0 Å². The fourth-order valence-corrected chi connectivity index (χ4v) is 4.84. The van der Waals surface area contributed by atoms with Crippen molar-refractivity contribution in [3.8, 4) is 0 Å². The van der Waals surface area contributed by atoms with E-state index in [1.165, 1.54) is 17.3 Å². The van der Waals surface area contributed by atoms with Crippen molar-refractivity contribution in [1.82, 2.24) is 4.98 Å². The Bertz CT molecular complexity index is 568. The fraction of sp³-hybridized carbons (Fsp3) is 0.357. The van der Waals surface area contributed by atoms with Gasteiger partial charge in [0.25, 0.3) is 0 Å². The quantitative estimate of drug-likeness (QED) is 0.851. The predicted molar refractivity (Wildman–Crippen MR) is 88.2 cm³/mol. The van der Waals surface area contributed by atoms with Crippen LogP contribution < -0.4 is 11.1 Å². The fourth-order valence-electron chi connectivity index (χ4n) is 2.23. The highest BCUT2D eigenvalue weighted by molar-refractivity contribution is 8.06. The molecule has 3 rings (SSSR count). The largest absolute Gasteiger partial charge is 0.397 e. The Kier molecular flexibility index (Phi) is 4.03. The summed E-state index contributed by atoms with van der Waals surface area (Å²) in [5, 5.41) is 6.35. The molecule has 19 heavy (non-hydrogen) atoms. The number of fused-ring (bicyclic) bond motifs is 1. The van der Waals surface area contributed by atoms with E-state index in [0.717, 1.165) is 28.7 Å². The number of nitrogens with zero attached hydrogens (tertiary/aromatic N) is 1. The number of thioether (sulfide) groups is 2. The monoisotopic (exact) mass is 291 g/mol. The summed E-state index contributed by atoms with van der Waals surface area (Å²) < 4.78 is 0. The standard InChI is InChI=1S/C14H17N3S2/c15-14-12-3-4-16-7-10(12)1-2-13(14)17-8-11-9-18-5-6-19-11/h1-4,7,11,17H,5-6,8-9,15H2. The van der Waals surface area contributed by atoms with Gasteiger partial charge in [-0.15, -0.1) is 0 Å². The zero-order valence-electron chi connectivity index (χ0n) is 10.6.